The van der Waals surface area contributed by atoms with Gasteiger partial charge in [-0.05, 0) is 342 Å². The summed E-state index contributed by atoms with van der Waals surface area (Å²) in [5, 5.41) is 87.0. The second kappa shape index (κ2) is 57.0. The van der Waals surface area contributed by atoms with Crippen LogP contribution in [-0.4, -0.2) is 277 Å². The molecule has 0 unspecified atom stereocenters. The minimum absolute atomic E-state index is 0.352. The number of hydrogen-bond acceptors (Lipinski definition) is 16. The van der Waals surface area contributed by atoms with Crippen LogP contribution in [0.1, 0.15) is 168 Å². The van der Waals surface area contributed by atoms with E-state index in [1.807, 2.05) is 153 Å². The topological polar surface area (TPSA) is 314 Å². The Morgan fingerprint density at radius 1 is 0.250 bits per heavy atom. The summed E-state index contributed by atoms with van der Waals surface area (Å²) < 4.78 is 0. The lowest BCUT2D eigenvalue weighted by molar-refractivity contribution is 0.177. The Balaban J connectivity index is 0.000000179. The number of nitrogens with one attached hydrogen (secondary N) is 8. The molecular formula is C116H166N16O8. The summed E-state index contributed by atoms with van der Waals surface area (Å²) in [6.45, 7) is 53.5. The van der Waals surface area contributed by atoms with Gasteiger partial charge in [-0.3, -0.25) is 4.90 Å². The van der Waals surface area contributed by atoms with Crippen molar-refractivity contribution in [2.45, 2.75) is 199 Å². The first-order valence-corrected chi connectivity index (χ1v) is 51.0. The molecule has 0 aliphatic heterocycles. The van der Waals surface area contributed by atoms with Gasteiger partial charge in [0.15, 0.2) is 0 Å². The monoisotopic (exact) mass is 1910 g/mol. The second-order valence-electron chi connectivity index (χ2n) is 37.9. The second-order valence-corrected chi connectivity index (χ2v) is 37.9. The average Bonchev–Trinajstić information content (AvgIpc) is 1.66. The van der Waals surface area contributed by atoms with Crippen LogP contribution in [0.2, 0.25) is 0 Å². The number of benzene rings is 8. The Morgan fingerprint density at radius 2 is 0.493 bits per heavy atom. The number of fused-ring (bicyclic) bond motifs is 8. The van der Waals surface area contributed by atoms with Crippen LogP contribution in [0.4, 0.5) is 0 Å². The molecule has 8 aromatic heterocycles. The third-order valence-corrected chi connectivity index (χ3v) is 26.8. The van der Waals surface area contributed by atoms with E-state index < -0.39 is 0 Å². The van der Waals surface area contributed by atoms with Gasteiger partial charge in [0.1, 0.15) is 46.0 Å². The van der Waals surface area contributed by atoms with Crippen LogP contribution in [0.5, 0.6) is 46.0 Å². The molecule has 0 atom stereocenters. The summed E-state index contributed by atoms with van der Waals surface area (Å²) in [5.41, 5.74) is 17.6. The Labute approximate surface area is 832 Å². The molecule has 0 spiro atoms. The maximum Gasteiger partial charge on any atom is 0.125 e. The molecule has 0 aliphatic carbocycles. The van der Waals surface area contributed by atoms with Gasteiger partial charge in [-0.1, -0.05) is 103 Å². The van der Waals surface area contributed by atoms with E-state index in [-0.39, 0.29) is 0 Å². The lowest BCUT2D eigenvalue weighted by atomic mass is 10.1. The van der Waals surface area contributed by atoms with E-state index in [0.717, 1.165) is 249 Å². The van der Waals surface area contributed by atoms with E-state index in [4.69, 9.17) is 0 Å². The highest BCUT2D eigenvalue weighted by molar-refractivity contribution is 5.94. The van der Waals surface area contributed by atoms with E-state index in [2.05, 4.69) is 218 Å². The van der Waals surface area contributed by atoms with E-state index in [9.17, 15) is 40.9 Å². The fourth-order valence-electron chi connectivity index (χ4n) is 18.4. The summed E-state index contributed by atoms with van der Waals surface area (Å²) in [4.78, 5) is 44.6. The summed E-state index contributed by atoms with van der Waals surface area (Å²) in [5.74, 6) is 2.95. The third kappa shape index (κ3) is 32.0. The zero-order chi connectivity index (χ0) is 101. The molecule has 0 saturated carbocycles. The quantitative estimate of drug-likeness (QED) is 0.0159. The molecule has 0 radical (unpaired) electrons. The smallest absolute Gasteiger partial charge is 0.125 e. The van der Waals surface area contributed by atoms with Crippen molar-refractivity contribution < 1.29 is 40.9 Å². The van der Waals surface area contributed by atoms with Gasteiger partial charge in [-0.2, -0.15) is 0 Å². The van der Waals surface area contributed by atoms with Crippen LogP contribution < -0.4 is 0 Å². The molecule has 24 heteroatoms. The van der Waals surface area contributed by atoms with Crippen LogP contribution in [-0.2, 0) is 51.4 Å². The summed E-state index contributed by atoms with van der Waals surface area (Å²) in [6, 6.07) is 47.0. The largest absolute Gasteiger partial charge is 0.507 e. The molecule has 0 saturated heterocycles. The first-order valence-electron chi connectivity index (χ1n) is 51.0. The molecule has 0 fully saturated rings. The molecule has 0 amide bonds. The van der Waals surface area contributed by atoms with E-state index in [1.165, 1.54) is 58.2 Å². The van der Waals surface area contributed by atoms with Gasteiger partial charge in [-0.15, -0.1) is 6.58 Å². The average molecular weight is 1910 g/mol. The lowest BCUT2D eigenvalue weighted by Crippen LogP contribution is -2.38. The highest BCUT2D eigenvalue weighted by Gasteiger charge is 2.20. The van der Waals surface area contributed by atoms with Crippen LogP contribution in [0.3, 0.4) is 0 Å². The van der Waals surface area contributed by atoms with Crippen molar-refractivity contribution in [3.05, 3.63) is 252 Å². The lowest BCUT2D eigenvalue weighted by Gasteiger charge is -2.30. The molecule has 24 nitrogen and oxygen atoms in total. The van der Waals surface area contributed by atoms with Gasteiger partial charge >= 0.3 is 0 Å². The number of rotatable bonds is 40. The first kappa shape index (κ1) is 112. The number of aromatic amines is 8. The van der Waals surface area contributed by atoms with E-state index in [0.29, 0.717) is 70.2 Å². The molecule has 8 heterocycles. The Hall–Kier alpha value is -12.1. The number of aromatic nitrogens is 8. The van der Waals surface area contributed by atoms with Crippen molar-refractivity contribution in [3.8, 4) is 46.0 Å². The van der Waals surface area contributed by atoms with Crippen LogP contribution in [0.15, 0.2) is 208 Å². The minimum Gasteiger partial charge on any atom is -0.507 e. The number of phenolic OH excluding ortho intramolecular Hbond substituents is 8. The van der Waals surface area contributed by atoms with Gasteiger partial charge in [0.05, 0.1) is 0 Å². The molecule has 0 aliphatic rings. The molecular weight excluding hydrogens is 1750 g/mol. The van der Waals surface area contributed by atoms with Crippen LogP contribution >= 0.6 is 0 Å². The van der Waals surface area contributed by atoms with Crippen molar-refractivity contribution in [2.24, 2.45) is 0 Å². The minimum atomic E-state index is 0.352. The van der Waals surface area contributed by atoms with Gasteiger partial charge in [0.25, 0.3) is 0 Å². The Kier molecular flexibility index (Phi) is 45.4. The molecule has 16 N–H and O–H groups in total. The Morgan fingerprint density at radius 3 is 0.729 bits per heavy atom. The van der Waals surface area contributed by atoms with Crippen molar-refractivity contribution in [2.75, 3.05) is 133 Å². The molecule has 0 bridgehead atoms. The fourth-order valence-corrected chi connectivity index (χ4v) is 18.4. The number of nitrogens with zero attached hydrogens (tertiary/aromatic N) is 8. The van der Waals surface area contributed by atoms with Crippen molar-refractivity contribution >= 4 is 87.2 Å². The summed E-state index contributed by atoms with van der Waals surface area (Å²) in [7, 11) is 8.43. The van der Waals surface area contributed by atoms with Gasteiger partial charge in [0, 0.05) is 220 Å². The summed E-state index contributed by atoms with van der Waals surface area (Å²) >= 11 is 0. The zero-order valence-electron chi connectivity index (χ0n) is 87.3. The van der Waals surface area contributed by atoms with Crippen molar-refractivity contribution in [1.82, 2.24) is 79.1 Å². The molecule has 140 heavy (non-hydrogen) atoms. The van der Waals surface area contributed by atoms with Gasteiger partial charge in [-0.25, -0.2) is 0 Å². The zero-order valence-corrected chi connectivity index (χ0v) is 87.3. The van der Waals surface area contributed by atoms with Gasteiger partial charge < -0.3 is 115 Å². The number of H-pyrrole nitrogens is 8. The number of likely N-dealkylation sites (N-methyl/N-ethyl adjacent to an activating group) is 6. The van der Waals surface area contributed by atoms with Crippen molar-refractivity contribution in [1.29, 1.82) is 0 Å². The molecule has 16 aromatic rings. The summed E-state index contributed by atoms with van der Waals surface area (Å²) in [6.07, 6.45) is 29.2. The SMILES string of the molecule is C=CCN(C)CCc1c[nH]c2cccc(O)c12.CC(C)N(C)CCc1c[nH]c2cccc(O)c12.CC(C)N(CCc1c[nH]c2cccc(O)c12)C(C)C.CCCN(C)CCc1c[nH]c2cccc(O)c12.CCCN(CCC)CCc1c[nH]c2cccc(O)c12.CCN(C)CCc1c[nH]c2cccc(O)c12.CCN(CC)CCc1c[nH]c2cccc(O)c12.CCN(CCc1c[nH]c2cccc(O)c12)C(C)C. The standard InChI is InChI=1S/2C16H24N2O.C15H22N2O.2C14H20N2O.C14H18N2O.C14H20N2O.C13H18N2O/c1-11(2)18(12(3)4)9-8-13-10-17-14-6-5-7-15(19)16(13)14;1-3-9-18(10-4-2)11-8-13-12-17-14-6-5-7-15(19)16(13)14;1-4-17(11(2)3)9-8-12-10-16-13-6-5-7-14(18)15(12)13;1-10(2)16(3)8-7-11-9-15-12-5-4-6-13(17)14(11)12;2*1-3-8-16(2)9-7-11-10-15-12-5-4-6-13(17)14(11)12;1-3-16(4-2)9-8-11-10-15-12-6-5-7-13(17)14(11)12;1-3-15(2)8-7-10-9-14-11-5-4-6-12(16)13(10)11/h5-7,10-12,17,19H,8-9H2,1-4H3;5-7,12,17,19H,3-4,8-11H2,1-2H3;5-7,10-11,16,18H,4,8-9H2,1-3H3;4-6,9-10,15,17H,7-8H2,1-3H3;4-6,10,15,17H,3,7-9H2,1-2H3;3-6,10,15,17H,1,7-9H2,2H3;5-7,10,15,17H,3-4,8-9H2,1-2H3;4-6,9,14,16H,3,7-8H2,1-2H3. The predicted octanol–water partition coefficient (Wildman–Crippen LogP) is 23.4. The van der Waals surface area contributed by atoms with Gasteiger partial charge in [0.2, 0.25) is 0 Å². The number of phenols is 8. The maximum absolute atomic E-state index is 9.99. The number of hydrogen-bond donors (Lipinski definition) is 16. The van der Waals surface area contributed by atoms with Crippen molar-refractivity contribution in [3.63, 3.8) is 0 Å². The normalized spacial score (nSPS) is 11.6. The van der Waals surface area contributed by atoms with E-state index in [1.54, 1.807) is 48.5 Å². The Bertz CT molecular complexity index is 6220. The van der Waals surface area contributed by atoms with Crippen LogP contribution in [0, 0.1) is 0 Å². The van der Waals surface area contributed by atoms with Crippen LogP contribution in [0.25, 0.3) is 87.2 Å². The maximum atomic E-state index is 9.99. The number of aromatic hydroxyl groups is 8. The predicted molar refractivity (Wildman–Crippen MR) is 590 cm³/mol. The fraction of sp³-hybridized carbons (Fsp3) is 0.431. The molecule has 8 aromatic carbocycles. The molecule has 16 rings (SSSR count). The highest BCUT2D eigenvalue weighted by atomic mass is 16.3. The van der Waals surface area contributed by atoms with E-state index >= 15 is 0 Å². The third-order valence-electron chi connectivity index (χ3n) is 26.8. The first-order chi connectivity index (χ1) is 67.4. The highest BCUT2D eigenvalue weighted by Crippen LogP contribution is 2.36. The molecule has 758 valence electrons.